The first-order chi connectivity index (χ1) is 38.4. The van der Waals surface area contributed by atoms with Gasteiger partial charge in [0.1, 0.15) is 0 Å². The highest BCUT2D eigenvalue weighted by atomic mass is 30.3. The van der Waals surface area contributed by atoms with E-state index in [-0.39, 0.29) is 15.8 Å². The molecule has 0 aliphatic carbocycles. The van der Waals surface area contributed by atoms with Gasteiger partial charge < -0.3 is 104 Å². The zero-order valence-electron chi connectivity index (χ0n) is 55.2. The van der Waals surface area contributed by atoms with Gasteiger partial charge in [-0.25, -0.2) is 0 Å². The largest absolute Gasteiger partial charge is 0.549 e. The van der Waals surface area contributed by atoms with Crippen LogP contribution in [0.2, 0.25) is 117 Å². The van der Waals surface area contributed by atoms with Crippen molar-refractivity contribution < 1.29 is 112 Å². The first kappa shape index (κ1) is 94.8. The summed E-state index contributed by atoms with van der Waals surface area (Å²) in [4.78, 5) is 109. The lowest BCUT2D eigenvalue weighted by Gasteiger charge is -2.64. The molecule has 0 aromatic carbocycles. The second kappa shape index (κ2) is 42.2. The number of rotatable bonds is 41. The second-order valence-corrected chi connectivity index (χ2v) is 185. The Kier molecular flexibility index (Phi) is 47.0. The zero-order chi connectivity index (χ0) is 68.3. The van der Waals surface area contributed by atoms with E-state index in [1.807, 2.05) is 32.7 Å². The molecule has 500 valence electrons. The highest BCUT2D eigenvalue weighted by molar-refractivity contribution is 8.08. The average Bonchev–Trinajstić information content (AvgIpc) is 3.55. The third-order valence-corrected chi connectivity index (χ3v) is 270. The van der Waals surface area contributed by atoms with Gasteiger partial charge in [-0.2, -0.15) is 0 Å². The van der Waals surface area contributed by atoms with Gasteiger partial charge in [-0.15, -0.1) is 0 Å². The van der Waals surface area contributed by atoms with Gasteiger partial charge in [-0.3, -0.25) is 8.92 Å². The maximum atomic E-state index is 13.2. The lowest BCUT2D eigenvalue weighted by molar-refractivity contribution is 0.298. The van der Waals surface area contributed by atoms with E-state index in [0.29, 0.717) is 6.42 Å². The van der Waals surface area contributed by atoms with Gasteiger partial charge in [-0.1, -0.05) is 118 Å². The summed E-state index contributed by atoms with van der Waals surface area (Å²) in [5.74, 6) is 0. The minimum Gasteiger partial charge on any atom is -0.439 e. The van der Waals surface area contributed by atoms with Crippen molar-refractivity contribution in [2.75, 3.05) is 7.11 Å². The molecule has 5 atom stereocenters. The lowest BCUT2D eigenvalue weighted by Crippen LogP contribution is -3.04. The monoisotopic (exact) mass is 1660 g/mol. The van der Waals surface area contributed by atoms with Crippen LogP contribution in [0.1, 0.15) is 91.4 Å². The van der Waals surface area contributed by atoms with E-state index in [0.717, 1.165) is 25.7 Å². The Hall–Kier alpha value is 3.42. The van der Waals surface area contributed by atoms with Gasteiger partial charge in [0.25, 0.3) is 33.8 Å². The van der Waals surface area contributed by atoms with Crippen molar-refractivity contribution in [1.82, 2.24) is 0 Å². The van der Waals surface area contributed by atoms with Crippen molar-refractivity contribution in [2.24, 2.45) is 0 Å². The number of unbranched alkanes of at least 4 members (excludes halogenated alkanes) is 9. The van der Waals surface area contributed by atoms with Crippen molar-refractivity contribution in [3.63, 3.8) is 0 Å². The first-order valence-electron chi connectivity index (χ1n) is 28.8. The van der Waals surface area contributed by atoms with Gasteiger partial charge >= 0.3 is 96.1 Å². The molecule has 0 aliphatic rings. The molecule has 0 saturated carbocycles. The van der Waals surface area contributed by atoms with Crippen LogP contribution in [0.4, 0.5) is 0 Å². The quantitative estimate of drug-likeness (QED) is 0.0207. The highest BCUT2D eigenvalue weighted by Gasteiger charge is 2.89. The Balaban J connectivity index is -0.00000100. The predicted octanol–water partition coefficient (Wildman–Crippen LogP) is -4.21. The normalized spacial score (nSPS) is 17.4. The number of hydrogen-bond donors (Lipinski definition) is 9. The standard InChI is InChI=1S/C25H86O16Si17.C5H16O7Si9.C3H8.O2Si/c1-15-16-17-18-19-20-21-22-23-24-25-53(14,34)54(36-43-26,50(8,9)32)41-55(40-52(12,13)38-48(3,4)5,57(46-29,47-30)39-49(6,7)31)58(37-44-27,51(10,11)33)56(42,35-2)45-28;1-13(2)15(7)17(9)19(11)21(4,5)20(12)18(10)16(8)14(3)6;2*1-3-2/h26-34H,15-25,43-47H2,1-14,42H3;13H,1-5H3;3H2,1-2H3;. The van der Waals surface area contributed by atoms with E-state index < -0.39 is 212 Å². The van der Waals surface area contributed by atoms with Crippen LogP contribution in [0.25, 0.3) is 0 Å². The molecule has 5 unspecified atom stereocenters. The minimum absolute atomic E-state index is 0.166. The van der Waals surface area contributed by atoms with Crippen molar-refractivity contribution >= 4 is 222 Å². The summed E-state index contributed by atoms with van der Waals surface area (Å²) in [5, 5.41) is 0. The van der Waals surface area contributed by atoms with Crippen LogP contribution in [-0.2, 0) is 69.3 Å². The fourth-order valence-electron chi connectivity index (χ4n) is 9.86. The fraction of sp³-hybridized carbons (Fsp3) is 1.00. The van der Waals surface area contributed by atoms with E-state index in [4.69, 9.17) is 38.0 Å². The van der Waals surface area contributed by atoms with Crippen LogP contribution in [-0.4, -0.2) is 272 Å². The molecular weight excluding hydrogens is 1550 g/mol. The van der Waals surface area contributed by atoms with Crippen molar-refractivity contribution in [3.8, 4) is 0 Å². The van der Waals surface area contributed by atoms with E-state index >= 15 is 0 Å². The molecule has 0 amide bonds. The third kappa shape index (κ3) is 28.2. The molecule has 0 aliphatic heterocycles. The summed E-state index contributed by atoms with van der Waals surface area (Å²) in [5.41, 5.74) is 0. The summed E-state index contributed by atoms with van der Waals surface area (Å²) in [7, 11) is -68.0. The van der Waals surface area contributed by atoms with Gasteiger partial charge in [0, 0.05) is 16.9 Å². The Labute approximate surface area is 544 Å². The van der Waals surface area contributed by atoms with Crippen LogP contribution < -0.4 is 0 Å². The lowest BCUT2D eigenvalue weighted by atomic mass is 10.1. The molecule has 9 N–H and O–H groups in total. The van der Waals surface area contributed by atoms with E-state index in [1.165, 1.54) is 78.4 Å². The molecule has 0 aromatic rings. The Morgan fingerprint density at radius 1 is 0.541 bits per heavy atom. The molecule has 0 bridgehead atoms. The Morgan fingerprint density at radius 2 is 0.941 bits per heavy atom. The topological polar surface area (TPSA) is 400 Å². The van der Waals surface area contributed by atoms with Gasteiger partial charge in [0.15, 0.2) is 43.3 Å². The van der Waals surface area contributed by atoms with Gasteiger partial charge in [0.05, 0.1) is 8.31 Å². The van der Waals surface area contributed by atoms with Crippen molar-refractivity contribution in [2.45, 2.75) is 209 Å². The van der Waals surface area contributed by atoms with E-state index in [1.54, 1.807) is 45.8 Å². The van der Waals surface area contributed by atoms with Crippen LogP contribution in [0.5, 0.6) is 0 Å². The van der Waals surface area contributed by atoms with Crippen molar-refractivity contribution in [1.29, 1.82) is 0 Å². The summed E-state index contributed by atoms with van der Waals surface area (Å²) in [6.45, 7) is 22.1. The molecule has 0 rings (SSSR count). The smallest absolute Gasteiger partial charge is 0.439 e. The number of hydrogen-bond acceptors (Lipinski definition) is 25. The van der Waals surface area contributed by atoms with Crippen molar-refractivity contribution in [3.05, 3.63) is 0 Å². The molecule has 0 heterocycles. The molecule has 0 saturated heterocycles. The molecule has 0 spiro atoms. The SMILES string of the molecule is CCC.CCCCCCCCCCCC[Si](C)(O)[Si](O[SiH2]O)(O[Si](O[Si](C)(C)O[Si](C)(C)C)([Si](O[Si](C)(C)O)([SiH2]O)[SiH2]O)[Si](O[SiH2]O)([Si](C)(C)O)[Si]([SiH3])(OC)[SiH2]O)[Si](C)(C)O.C[Si](=O)[Si](=O)[Si](=O)[Si](=O)[Si](C)(C)[Si](=O)[Si](=O)[Si](=O)[SiH](C)C.O=[Si]=O. The van der Waals surface area contributed by atoms with Crippen LogP contribution >= 0.6 is 0 Å². The van der Waals surface area contributed by atoms with Gasteiger partial charge in [0.2, 0.25) is 30.4 Å². The molecular formula is C33H110O25Si27. The highest BCUT2D eigenvalue weighted by Crippen LogP contribution is 2.47. The summed E-state index contributed by atoms with van der Waals surface area (Å²) >= 11 is 0. The van der Waals surface area contributed by atoms with Crippen LogP contribution in [0.15, 0.2) is 0 Å². The molecule has 0 aromatic heterocycles. The third-order valence-electron chi connectivity index (χ3n) is 13.5. The van der Waals surface area contributed by atoms with Crippen LogP contribution in [0, 0.1) is 0 Å². The molecule has 0 fully saturated rings. The van der Waals surface area contributed by atoms with Crippen LogP contribution in [0.3, 0.4) is 0 Å². The van der Waals surface area contributed by atoms with E-state index in [2.05, 4.69) is 20.8 Å². The average molecular weight is 1670 g/mol. The first-order valence-corrected chi connectivity index (χ1v) is 102. The molecule has 85 heavy (non-hydrogen) atoms. The van der Waals surface area contributed by atoms with Gasteiger partial charge in [-0.05, 0) is 91.2 Å². The summed E-state index contributed by atoms with van der Waals surface area (Å²) in [6, 6.07) is 0.257. The fourth-order valence-corrected chi connectivity index (χ4v) is 422. The molecule has 0 radical (unpaired) electrons. The predicted molar refractivity (Wildman–Crippen MR) is 387 cm³/mol. The zero-order valence-corrected chi connectivity index (χ0v) is 85.4. The molecule has 52 heteroatoms. The Bertz CT molecular complexity index is 2150. The summed E-state index contributed by atoms with van der Waals surface area (Å²) < 4.78 is 150. The second-order valence-electron chi connectivity index (χ2n) is 25.2. The van der Waals surface area contributed by atoms with E-state index in [9.17, 15) is 74.4 Å². The molecule has 25 nitrogen and oxygen atoms in total. The Morgan fingerprint density at radius 3 is 1.25 bits per heavy atom. The summed E-state index contributed by atoms with van der Waals surface area (Å²) in [6.07, 6.45) is 11.9. The maximum Gasteiger partial charge on any atom is 0.549 e. The minimum atomic E-state index is -5.08. The maximum absolute atomic E-state index is 13.2.